The predicted octanol–water partition coefficient (Wildman–Crippen LogP) is 2.19. The third-order valence-electron chi connectivity index (χ3n) is 2.03. The zero-order valence-electron chi connectivity index (χ0n) is 9.65. The summed E-state index contributed by atoms with van der Waals surface area (Å²) in [6.45, 7) is 1.83. The Hall–Kier alpha value is -1.10. The molecule has 94 valence electrons. The number of hydrogen-bond acceptors (Lipinski definition) is 4. The predicted molar refractivity (Wildman–Crippen MR) is 65.0 cm³/mol. The summed E-state index contributed by atoms with van der Waals surface area (Å²) in [4.78, 5) is 10.8. The summed E-state index contributed by atoms with van der Waals surface area (Å²) in [5.74, 6) is 0.402. The van der Waals surface area contributed by atoms with E-state index in [1.165, 1.54) is 0 Å². The molecule has 0 aliphatic heterocycles. The lowest BCUT2D eigenvalue weighted by Gasteiger charge is -2.10. The fraction of sp³-hybridized carbons (Fsp3) is 0.417. The highest BCUT2D eigenvalue weighted by Crippen LogP contribution is 2.27. The third kappa shape index (κ3) is 4.73. The lowest BCUT2D eigenvalue weighted by Crippen LogP contribution is -2.10. The lowest BCUT2D eigenvalue weighted by molar-refractivity contribution is 0.0543. The molecule has 5 heteroatoms. The van der Waals surface area contributed by atoms with Crippen molar-refractivity contribution >= 4 is 17.9 Å². The first-order chi connectivity index (χ1) is 8.29. The molecule has 0 fully saturated rings. The van der Waals surface area contributed by atoms with E-state index >= 15 is 0 Å². The topological polar surface area (TPSA) is 44.8 Å². The molecule has 0 radical (unpaired) electrons. The van der Waals surface area contributed by atoms with Gasteiger partial charge in [-0.25, -0.2) is 0 Å². The van der Waals surface area contributed by atoms with Crippen LogP contribution in [0.1, 0.15) is 10.4 Å². The molecule has 0 saturated heterocycles. The standard InChI is InChI=1S/C12H15ClO4/c1-15-5-6-16-7-8-17-12-10(9-14)3-2-4-11(12)13/h2-4,9H,5-8H2,1H3. The Labute approximate surface area is 105 Å². The Morgan fingerprint density at radius 3 is 2.71 bits per heavy atom. The van der Waals surface area contributed by atoms with Crippen molar-refractivity contribution < 1.29 is 19.0 Å². The van der Waals surface area contributed by atoms with E-state index in [0.717, 1.165) is 0 Å². The van der Waals surface area contributed by atoms with E-state index in [1.807, 2.05) is 0 Å². The zero-order valence-corrected chi connectivity index (χ0v) is 10.4. The summed E-state index contributed by atoms with van der Waals surface area (Å²) < 4.78 is 15.5. The second-order valence-electron chi connectivity index (χ2n) is 3.23. The first-order valence-corrected chi connectivity index (χ1v) is 5.60. The summed E-state index contributed by atoms with van der Waals surface area (Å²) >= 11 is 5.93. The van der Waals surface area contributed by atoms with Gasteiger partial charge in [-0.15, -0.1) is 0 Å². The summed E-state index contributed by atoms with van der Waals surface area (Å²) in [7, 11) is 1.61. The van der Waals surface area contributed by atoms with Crippen molar-refractivity contribution in [2.75, 3.05) is 33.5 Å². The van der Waals surface area contributed by atoms with Gasteiger partial charge in [-0.3, -0.25) is 4.79 Å². The van der Waals surface area contributed by atoms with E-state index in [-0.39, 0.29) is 0 Å². The molecule has 0 aromatic heterocycles. The molecule has 0 heterocycles. The minimum absolute atomic E-state index is 0.342. The molecule has 0 N–H and O–H groups in total. The van der Waals surface area contributed by atoms with Crippen molar-refractivity contribution in [1.29, 1.82) is 0 Å². The van der Waals surface area contributed by atoms with Crippen LogP contribution in [0.2, 0.25) is 5.02 Å². The lowest BCUT2D eigenvalue weighted by atomic mass is 10.2. The maximum atomic E-state index is 10.8. The second kappa shape index (κ2) is 8.06. The van der Waals surface area contributed by atoms with Gasteiger partial charge in [0.15, 0.2) is 6.29 Å². The molecular formula is C12H15ClO4. The number of ether oxygens (including phenoxy) is 3. The first kappa shape index (κ1) is 14.0. The molecule has 1 aromatic rings. The van der Waals surface area contributed by atoms with Crippen LogP contribution in [-0.2, 0) is 9.47 Å². The first-order valence-electron chi connectivity index (χ1n) is 5.22. The van der Waals surface area contributed by atoms with Gasteiger partial charge in [-0.2, -0.15) is 0 Å². The zero-order chi connectivity index (χ0) is 12.5. The van der Waals surface area contributed by atoms with Crippen LogP contribution >= 0.6 is 11.6 Å². The van der Waals surface area contributed by atoms with Gasteiger partial charge in [0.05, 0.1) is 30.4 Å². The summed E-state index contributed by atoms with van der Waals surface area (Å²) in [6, 6.07) is 5.03. The summed E-state index contributed by atoms with van der Waals surface area (Å²) in [5, 5.41) is 0.423. The Morgan fingerprint density at radius 1 is 1.24 bits per heavy atom. The van der Waals surface area contributed by atoms with E-state index < -0.39 is 0 Å². The Balaban J connectivity index is 2.38. The monoisotopic (exact) mass is 258 g/mol. The smallest absolute Gasteiger partial charge is 0.153 e. The number of aldehydes is 1. The van der Waals surface area contributed by atoms with Crippen molar-refractivity contribution in [2.45, 2.75) is 0 Å². The van der Waals surface area contributed by atoms with Crippen molar-refractivity contribution in [1.82, 2.24) is 0 Å². The molecule has 0 spiro atoms. The van der Waals surface area contributed by atoms with Gasteiger partial charge in [0, 0.05) is 7.11 Å². The molecule has 0 saturated carbocycles. The van der Waals surface area contributed by atoms with E-state index in [9.17, 15) is 4.79 Å². The van der Waals surface area contributed by atoms with E-state index in [1.54, 1.807) is 25.3 Å². The largest absolute Gasteiger partial charge is 0.489 e. The Kier molecular flexibility index (Phi) is 6.62. The highest BCUT2D eigenvalue weighted by Gasteiger charge is 2.07. The molecule has 1 rings (SSSR count). The van der Waals surface area contributed by atoms with Crippen LogP contribution in [0.25, 0.3) is 0 Å². The van der Waals surface area contributed by atoms with Crippen LogP contribution in [0.15, 0.2) is 18.2 Å². The number of hydrogen-bond donors (Lipinski definition) is 0. The molecule has 0 unspecified atom stereocenters. The highest BCUT2D eigenvalue weighted by molar-refractivity contribution is 6.32. The number of benzene rings is 1. The molecule has 0 atom stereocenters. The van der Waals surface area contributed by atoms with Crippen LogP contribution < -0.4 is 4.74 Å². The third-order valence-corrected chi connectivity index (χ3v) is 2.33. The Morgan fingerprint density at radius 2 is 2.00 bits per heavy atom. The van der Waals surface area contributed by atoms with Crippen LogP contribution in [0.5, 0.6) is 5.75 Å². The number of para-hydroxylation sites is 1. The average molecular weight is 259 g/mol. The van der Waals surface area contributed by atoms with Gasteiger partial charge in [0.1, 0.15) is 12.4 Å². The fourth-order valence-corrected chi connectivity index (χ4v) is 1.45. The van der Waals surface area contributed by atoms with Gasteiger partial charge < -0.3 is 14.2 Å². The van der Waals surface area contributed by atoms with Gasteiger partial charge in [0.2, 0.25) is 0 Å². The van der Waals surface area contributed by atoms with Crippen LogP contribution in [0.3, 0.4) is 0 Å². The van der Waals surface area contributed by atoms with Crippen LogP contribution in [0, 0.1) is 0 Å². The number of carbonyl (C=O) groups excluding carboxylic acids is 1. The number of halogens is 1. The molecule has 0 aliphatic rings. The van der Waals surface area contributed by atoms with Gasteiger partial charge in [-0.1, -0.05) is 17.7 Å². The van der Waals surface area contributed by atoms with Crippen molar-refractivity contribution in [3.63, 3.8) is 0 Å². The van der Waals surface area contributed by atoms with Crippen molar-refractivity contribution in [3.8, 4) is 5.75 Å². The quantitative estimate of drug-likeness (QED) is 0.530. The molecule has 0 aliphatic carbocycles. The molecule has 17 heavy (non-hydrogen) atoms. The highest BCUT2D eigenvalue weighted by atomic mass is 35.5. The number of rotatable bonds is 8. The molecule has 0 amide bonds. The fourth-order valence-electron chi connectivity index (χ4n) is 1.22. The van der Waals surface area contributed by atoms with E-state index in [4.69, 9.17) is 25.8 Å². The minimum Gasteiger partial charge on any atom is -0.489 e. The normalized spacial score (nSPS) is 10.2. The number of methoxy groups -OCH3 is 1. The summed E-state index contributed by atoms with van der Waals surface area (Å²) in [6.07, 6.45) is 0.715. The van der Waals surface area contributed by atoms with E-state index in [0.29, 0.717) is 49.0 Å². The van der Waals surface area contributed by atoms with Gasteiger partial charge >= 0.3 is 0 Å². The SMILES string of the molecule is COCCOCCOc1c(Cl)cccc1C=O. The second-order valence-corrected chi connectivity index (χ2v) is 3.64. The molecular weight excluding hydrogens is 244 g/mol. The maximum absolute atomic E-state index is 10.8. The molecule has 4 nitrogen and oxygen atoms in total. The van der Waals surface area contributed by atoms with Gasteiger partial charge in [-0.05, 0) is 12.1 Å². The van der Waals surface area contributed by atoms with Crippen molar-refractivity contribution in [2.24, 2.45) is 0 Å². The minimum atomic E-state index is 0.342. The number of carbonyl (C=O) groups is 1. The van der Waals surface area contributed by atoms with E-state index in [2.05, 4.69) is 0 Å². The molecule has 1 aromatic carbocycles. The van der Waals surface area contributed by atoms with Crippen LogP contribution in [-0.4, -0.2) is 39.8 Å². The molecule has 0 bridgehead atoms. The summed E-state index contributed by atoms with van der Waals surface area (Å²) in [5.41, 5.74) is 0.439. The maximum Gasteiger partial charge on any atom is 0.153 e. The Bertz CT molecular complexity index is 354. The van der Waals surface area contributed by atoms with Gasteiger partial charge in [0.25, 0.3) is 0 Å². The van der Waals surface area contributed by atoms with Crippen molar-refractivity contribution in [3.05, 3.63) is 28.8 Å². The van der Waals surface area contributed by atoms with Crippen LogP contribution in [0.4, 0.5) is 0 Å². The average Bonchev–Trinajstić information content (AvgIpc) is 2.35.